The van der Waals surface area contributed by atoms with Crippen molar-refractivity contribution in [3.63, 3.8) is 0 Å². The summed E-state index contributed by atoms with van der Waals surface area (Å²) >= 11 is 0. The molecule has 0 aliphatic heterocycles. The van der Waals surface area contributed by atoms with Gasteiger partial charge in [-0.1, -0.05) is 24.0 Å². The van der Waals surface area contributed by atoms with Crippen LogP contribution in [0.25, 0.3) is 0 Å². The summed E-state index contributed by atoms with van der Waals surface area (Å²) in [6, 6.07) is 11.0. The molecule has 4 nitrogen and oxygen atoms in total. The lowest BCUT2D eigenvalue weighted by molar-refractivity contribution is 0.0950. The molecule has 0 spiro atoms. The lowest BCUT2D eigenvalue weighted by atomic mass is 10.0. The van der Waals surface area contributed by atoms with E-state index in [2.05, 4.69) is 22.1 Å². The number of aromatic nitrogens is 1. The number of aliphatic hydroxyl groups is 1. The third-order valence-electron chi connectivity index (χ3n) is 2.88. The van der Waals surface area contributed by atoms with Crippen molar-refractivity contribution in [1.82, 2.24) is 10.3 Å². The number of pyridine rings is 1. The van der Waals surface area contributed by atoms with Gasteiger partial charge < -0.3 is 10.4 Å². The number of amides is 1. The molecule has 2 aromatic rings. The van der Waals surface area contributed by atoms with Gasteiger partial charge in [-0.25, -0.2) is 0 Å². The third-order valence-corrected chi connectivity index (χ3v) is 2.88. The van der Waals surface area contributed by atoms with Crippen molar-refractivity contribution in [3.8, 4) is 11.8 Å². The topological polar surface area (TPSA) is 62.2 Å². The van der Waals surface area contributed by atoms with E-state index in [4.69, 9.17) is 5.11 Å². The number of hydrogen-bond acceptors (Lipinski definition) is 3. The van der Waals surface area contributed by atoms with E-state index in [0.29, 0.717) is 17.7 Å². The van der Waals surface area contributed by atoms with Gasteiger partial charge in [-0.05, 0) is 36.8 Å². The Morgan fingerprint density at radius 3 is 2.90 bits per heavy atom. The highest BCUT2D eigenvalue weighted by Crippen LogP contribution is 2.11. The van der Waals surface area contributed by atoms with Crippen LogP contribution >= 0.6 is 0 Å². The van der Waals surface area contributed by atoms with Crippen LogP contribution in [-0.2, 0) is 6.54 Å². The van der Waals surface area contributed by atoms with Crippen molar-refractivity contribution >= 4 is 5.91 Å². The van der Waals surface area contributed by atoms with E-state index in [0.717, 1.165) is 11.3 Å². The molecule has 2 rings (SSSR count). The van der Waals surface area contributed by atoms with Crippen LogP contribution in [0, 0.1) is 18.8 Å². The summed E-state index contributed by atoms with van der Waals surface area (Å²) in [7, 11) is 0. The van der Waals surface area contributed by atoms with Gasteiger partial charge in [-0.15, -0.1) is 0 Å². The number of aryl methyl sites for hydroxylation is 1. The molecule has 0 radical (unpaired) electrons. The summed E-state index contributed by atoms with van der Waals surface area (Å²) < 4.78 is 0. The number of rotatable bonds is 3. The van der Waals surface area contributed by atoms with Crippen molar-refractivity contribution in [1.29, 1.82) is 0 Å². The average Bonchev–Trinajstić information content (AvgIpc) is 2.51. The van der Waals surface area contributed by atoms with E-state index in [-0.39, 0.29) is 12.5 Å². The maximum atomic E-state index is 12.2. The van der Waals surface area contributed by atoms with Gasteiger partial charge in [0.1, 0.15) is 6.61 Å². The molecule has 0 atom stereocenters. The molecular formula is C17H16N2O2. The number of hydrogen-bond donors (Lipinski definition) is 2. The van der Waals surface area contributed by atoms with Crippen molar-refractivity contribution < 1.29 is 9.90 Å². The van der Waals surface area contributed by atoms with E-state index in [1.165, 1.54) is 0 Å². The minimum Gasteiger partial charge on any atom is -0.384 e. The van der Waals surface area contributed by atoms with Crippen molar-refractivity contribution in [3.05, 3.63) is 65.0 Å². The Hall–Kier alpha value is -2.64. The maximum absolute atomic E-state index is 12.2. The zero-order valence-corrected chi connectivity index (χ0v) is 11.8. The number of carbonyl (C=O) groups excluding carboxylic acids is 1. The molecular weight excluding hydrogens is 264 g/mol. The van der Waals surface area contributed by atoms with Gasteiger partial charge in [0.05, 0.1) is 17.8 Å². The van der Waals surface area contributed by atoms with Crippen LogP contribution in [0.15, 0.2) is 42.6 Å². The standard InChI is InChI=1S/C17H16N2O2/c1-13-7-8-16(14(11-13)5-4-10-20)17(21)19-12-15-6-2-3-9-18-15/h2-3,6-9,11,20H,10,12H2,1H3,(H,19,21). The number of aliphatic hydroxyl groups excluding tert-OH is 1. The minimum absolute atomic E-state index is 0.206. The molecule has 0 saturated heterocycles. The zero-order chi connectivity index (χ0) is 15.1. The molecule has 0 fully saturated rings. The molecule has 0 bridgehead atoms. The fourth-order valence-electron chi connectivity index (χ4n) is 1.86. The van der Waals surface area contributed by atoms with E-state index in [9.17, 15) is 4.79 Å². The second-order valence-corrected chi connectivity index (χ2v) is 4.51. The quantitative estimate of drug-likeness (QED) is 0.841. The molecule has 1 aromatic heterocycles. The van der Waals surface area contributed by atoms with Crippen LogP contribution in [0.5, 0.6) is 0 Å². The Kier molecular flexibility index (Phi) is 5.08. The van der Waals surface area contributed by atoms with Crippen LogP contribution in [0.1, 0.15) is 27.2 Å². The fraction of sp³-hybridized carbons (Fsp3) is 0.176. The van der Waals surface area contributed by atoms with Crippen LogP contribution in [0.2, 0.25) is 0 Å². The molecule has 0 saturated carbocycles. The van der Waals surface area contributed by atoms with Crippen molar-refractivity contribution in [2.45, 2.75) is 13.5 Å². The summed E-state index contributed by atoms with van der Waals surface area (Å²) in [4.78, 5) is 16.4. The van der Waals surface area contributed by atoms with Gasteiger partial charge >= 0.3 is 0 Å². The van der Waals surface area contributed by atoms with E-state index in [1.807, 2.05) is 37.3 Å². The van der Waals surface area contributed by atoms with Gasteiger partial charge in [-0.3, -0.25) is 9.78 Å². The molecule has 0 unspecified atom stereocenters. The summed E-state index contributed by atoms with van der Waals surface area (Å²) in [5.41, 5.74) is 2.92. The molecule has 1 aromatic carbocycles. The number of nitrogens with one attached hydrogen (secondary N) is 1. The maximum Gasteiger partial charge on any atom is 0.252 e. The minimum atomic E-state index is -0.233. The fourth-order valence-corrected chi connectivity index (χ4v) is 1.86. The highest BCUT2D eigenvalue weighted by Gasteiger charge is 2.10. The Morgan fingerprint density at radius 2 is 2.19 bits per heavy atom. The highest BCUT2D eigenvalue weighted by molar-refractivity contribution is 5.96. The Morgan fingerprint density at radius 1 is 1.33 bits per heavy atom. The molecule has 4 heteroatoms. The first-order valence-corrected chi connectivity index (χ1v) is 6.59. The van der Waals surface area contributed by atoms with Gasteiger partial charge in [0.25, 0.3) is 5.91 Å². The van der Waals surface area contributed by atoms with Crippen LogP contribution in [0.3, 0.4) is 0 Å². The summed E-state index contributed by atoms with van der Waals surface area (Å²) in [5.74, 6) is 5.17. The summed E-state index contributed by atoms with van der Waals surface area (Å²) in [6.45, 7) is 2.06. The van der Waals surface area contributed by atoms with E-state index in [1.54, 1.807) is 12.3 Å². The molecule has 1 amide bonds. The van der Waals surface area contributed by atoms with E-state index < -0.39 is 0 Å². The third kappa shape index (κ3) is 4.16. The predicted molar refractivity (Wildman–Crippen MR) is 80.6 cm³/mol. The Labute approximate surface area is 123 Å². The van der Waals surface area contributed by atoms with Gasteiger partial charge in [-0.2, -0.15) is 0 Å². The van der Waals surface area contributed by atoms with E-state index >= 15 is 0 Å². The molecule has 0 aliphatic rings. The van der Waals surface area contributed by atoms with Crippen LogP contribution in [-0.4, -0.2) is 22.6 Å². The van der Waals surface area contributed by atoms with Gasteiger partial charge in [0.15, 0.2) is 0 Å². The molecule has 21 heavy (non-hydrogen) atoms. The first-order valence-electron chi connectivity index (χ1n) is 6.59. The van der Waals surface area contributed by atoms with Crippen molar-refractivity contribution in [2.75, 3.05) is 6.61 Å². The first kappa shape index (κ1) is 14.8. The molecule has 2 N–H and O–H groups in total. The zero-order valence-electron chi connectivity index (χ0n) is 11.8. The molecule has 0 aliphatic carbocycles. The summed E-state index contributed by atoms with van der Waals surface area (Å²) in [6.07, 6.45) is 1.69. The summed E-state index contributed by atoms with van der Waals surface area (Å²) in [5, 5.41) is 11.6. The number of nitrogens with zero attached hydrogens (tertiary/aromatic N) is 1. The largest absolute Gasteiger partial charge is 0.384 e. The SMILES string of the molecule is Cc1ccc(C(=O)NCc2ccccn2)c(C#CCO)c1. The van der Waals surface area contributed by atoms with Crippen molar-refractivity contribution in [2.24, 2.45) is 0 Å². The second kappa shape index (κ2) is 7.22. The average molecular weight is 280 g/mol. The normalized spacial score (nSPS) is 9.62. The molecule has 1 heterocycles. The number of carbonyl (C=O) groups is 1. The Bertz CT molecular complexity index is 685. The Balaban J connectivity index is 2.15. The first-order chi connectivity index (χ1) is 10.2. The monoisotopic (exact) mass is 280 g/mol. The van der Waals surface area contributed by atoms with Gasteiger partial charge in [0.2, 0.25) is 0 Å². The smallest absolute Gasteiger partial charge is 0.252 e. The predicted octanol–water partition coefficient (Wildman–Crippen LogP) is 1.66. The van der Waals surface area contributed by atoms with Crippen LogP contribution < -0.4 is 5.32 Å². The molecule has 106 valence electrons. The lowest BCUT2D eigenvalue weighted by Crippen LogP contribution is -2.24. The van der Waals surface area contributed by atoms with Crippen LogP contribution in [0.4, 0.5) is 0 Å². The van der Waals surface area contributed by atoms with Gasteiger partial charge in [0, 0.05) is 11.8 Å². The lowest BCUT2D eigenvalue weighted by Gasteiger charge is -2.07. The second-order valence-electron chi connectivity index (χ2n) is 4.51. The number of benzene rings is 1. The highest BCUT2D eigenvalue weighted by atomic mass is 16.2.